The number of pyridine rings is 1. The molecule has 1 aliphatic heterocycles. The van der Waals surface area contributed by atoms with E-state index in [9.17, 15) is 0 Å². The number of allylic oxidation sites excluding steroid dienone is 2. The molecule has 2 heterocycles. The van der Waals surface area contributed by atoms with Gasteiger partial charge in [0.1, 0.15) is 11.6 Å². The maximum Gasteiger partial charge on any atom is 0.142 e. The van der Waals surface area contributed by atoms with Crippen LogP contribution in [0.15, 0.2) is 150 Å². The molecule has 0 radical (unpaired) electrons. The van der Waals surface area contributed by atoms with Crippen molar-refractivity contribution in [2.45, 2.75) is 19.3 Å². The van der Waals surface area contributed by atoms with Crippen molar-refractivity contribution in [2.75, 3.05) is 4.90 Å². The van der Waals surface area contributed by atoms with Crippen LogP contribution in [0.5, 0.6) is 0 Å². The van der Waals surface area contributed by atoms with E-state index in [-0.39, 0.29) is 5.41 Å². The Labute approximate surface area is 257 Å². The summed E-state index contributed by atoms with van der Waals surface area (Å²) >= 11 is 0. The molecule has 0 spiro atoms. The van der Waals surface area contributed by atoms with E-state index in [0.29, 0.717) is 0 Å². The Morgan fingerprint density at radius 1 is 0.705 bits per heavy atom. The molecule has 3 heteroatoms. The predicted molar refractivity (Wildman–Crippen MR) is 187 cm³/mol. The minimum Gasteiger partial charge on any atom is -0.278 e. The van der Waals surface area contributed by atoms with Crippen molar-refractivity contribution in [2.24, 2.45) is 4.99 Å². The maximum absolute atomic E-state index is 4.65. The van der Waals surface area contributed by atoms with Gasteiger partial charge in [0, 0.05) is 17.2 Å². The van der Waals surface area contributed by atoms with Crippen molar-refractivity contribution in [3.8, 4) is 22.3 Å². The number of hydrogen-bond donors (Lipinski definition) is 0. The molecule has 1 aromatic heterocycles. The van der Waals surface area contributed by atoms with Crippen molar-refractivity contribution in [3.63, 3.8) is 0 Å². The van der Waals surface area contributed by atoms with Gasteiger partial charge in [-0.3, -0.25) is 4.90 Å². The first-order valence-electron chi connectivity index (χ1n) is 15.0. The Bertz CT molecular complexity index is 2260. The highest BCUT2D eigenvalue weighted by Gasteiger charge is 2.38. The molecule has 3 nitrogen and oxygen atoms in total. The molecule has 0 bridgehead atoms. The minimum atomic E-state index is -0.323. The summed E-state index contributed by atoms with van der Waals surface area (Å²) in [5.41, 5.74) is 7.75. The van der Waals surface area contributed by atoms with Crippen LogP contribution in [-0.4, -0.2) is 11.7 Å². The van der Waals surface area contributed by atoms with Crippen LogP contribution in [0.25, 0.3) is 54.6 Å². The first-order valence-corrected chi connectivity index (χ1v) is 15.0. The van der Waals surface area contributed by atoms with Crippen molar-refractivity contribution in [3.05, 3.63) is 151 Å². The normalized spacial score (nSPS) is 14.4. The lowest BCUT2D eigenvalue weighted by molar-refractivity contribution is 0.616. The zero-order valence-corrected chi connectivity index (χ0v) is 24.9. The van der Waals surface area contributed by atoms with Gasteiger partial charge in [-0.05, 0) is 91.1 Å². The summed E-state index contributed by atoms with van der Waals surface area (Å²) in [5, 5.41) is 7.84. The maximum atomic E-state index is 4.65. The summed E-state index contributed by atoms with van der Waals surface area (Å²) in [5.74, 6) is 1.57. The van der Waals surface area contributed by atoms with Crippen LogP contribution in [0.2, 0.25) is 0 Å². The average Bonchev–Trinajstić information content (AvgIpc) is 3.07. The summed E-state index contributed by atoms with van der Waals surface area (Å²) in [4.78, 5) is 11.2. The highest BCUT2D eigenvalue weighted by atomic mass is 15.3. The van der Waals surface area contributed by atoms with Crippen molar-refractivity contribution in [1.29, 1.82) is 0 Å². The van der Waals surface area contributed by atoms with Crippen molar-refractivity contribution < 1.29 is 0 Å². The summed E-state index contributed by atoms with van der Waals surface area (Å²) < 4.78 is 0. The van der Waals surface area contributed by atoms with E-state index in [1.165, 1.54) is 54.6 Å². The smallest absolute Gasteiger partial charge is 0.142 e. The minimum absolute atomic E-state index is 0.323. The van der Waals surface area contributed by atoms with Crippen LogP contribution < -0.4 is 4.90 Å². The first kappa shape index (κ1) is 26.1. The second-order valence-corrected chi connectivity index (χ2v) is 12.0. The fourth-order valence-electron chi connectivity index (χ4n) is 7.12. The Kier molecular flexibility index (Phi) is 5.79. The zero-order chi connectivity index (χ0) is 30.0. The van der Waals surface area contributed by atoms with E-state index < -0.39 is 0 Å². The molecule has 0 fully saturated rings. The Morgan fingerprint density at radius 3 is 2.09 bits per heavy atom. The molecule has 0 atom stereocenters. The van der Waals surface area contributed by atoms with E-state index in [1.54, 1.807) is 6.20 Å². The van der Waals surface area contributed by atoms with Crippen LogP contribution in [0, 0.1) is 0 Å². The molecule has 0 amide bonds. The Balaban J connectivity index is 1.23. The molecule has 8 rings (SSSR count). The third-order valence-electron chi connectivity index (χ3n) is 9.33. The largest absolute Gasteiger partial charge is 0.278 e. The quantitative estimate of drug-likeness (QED) is 0.153. The van der Waals surface area contributed by atoms with Gasteiger partial charge in [-0.1, -0.05) is 117 Å². The molecule has 7 aromatic rings. The molecular weight excluding hydrogens is 534 g/mol. The highest BCUT2D eigenvalue weighted by Crippen LogP contribution is 2.49. The number of fused-ring (bicyclic) bond motifs is 1. The molecular formula is C41H31N3. The summed E-state index contributed by atoms with van der Waals surface area (Å²) in [6.07, 6.45) is 3.71. The number of benzene rings is 6. The Morgan fingerprint density at radius 2 is 1.39 bits per heavy atom. The van der Waals surface area contributed by atoms with Crippen LogP contribution in [-0.2, 0) is 5.41 Å². The molecule has 210 valence electrons. The van der Waals surface area contributed by atoms with Gasteiger partial charge < -0.3 is 0 Å². The van der Waals surface area contributed by atoms with E-state index in [0.717, 1.165) is 28.5 Å². The zero-order valence-electron chi connectivity index (χ0n) is 24.9. The monoisotopic (exact) mass is 565 g/mol. The Hall–Kier alpha value is -5.54. The van der Waals surface area contributed by atoms with Gasteiger partial charge in [-0.25, -0.2) is 9.98 Å². The van der Waals surface area contributed by atoms with Gasteiger partial charge in [0.05, 0.1) is 5.69 Å². The van der Waals surface area contributed by atoms with Gasteiger partial charge in [-0.2, -0.15) is 0 Å². The van der Waals surface area contributed by atoms with E-state index in [4.69, 9.17) is 0 Å². The lowest BCUT2D eigenvalue weighted by Gasteiger charge is -2.41. The predicted octanol–water partition coefficient (Wildman–Crippen LogP) is 10.8. The molecule has 1 aliphatic rings. The molecule has 0 unspecified atom stereocenters. The topological polar surface area (TPSA) is 28.5 Å². The number of nitrogens with zero attached hydrogens (tertiary/aromatic N) is 3. The molecule has 0 aliphatic carbocycles. The number of rotatable bonds is 5. The van der Waals surface area contributed by atoms with Crippen molar-refractivity contribution in [1.82, 2.24) is 4.98 Å². The summed E-state index contributed by atoms with van der Waals surface area (Å²) in [7, 11) is 0. The SMILES string of the molecule is C=CC1=C(N=C)N(c2ccccn2)c2ccc(-c3ccc(-c4ccc5ccc6cccc7ccc4c5c67)cc3)cc2C1(C)C. The number of aromatic nitrogens is 1. The summed E-state index contributed by atoms with van der Waals surface area (Å²) in [6, 6.07) is 41.7. The number of hydrogen-bond acceptors (Lipinski definition) is 3. The van der Waals surface area contributed by atoms with Crippen LogP contribution in [0.3, 0.4) is 0 Å². The molecule has 44 heavy (non-hydrogen) atoms. The van der Waals surface area contributed by atoms with Gasteiger partial charge in [-0.15, -0.1) is 0 Å². The highest BCUT2D eigenvalue weighted by molar-refractivity contribution is 6.25. The van der Waals surface area contributed by atoms with E-state index in [1.807, 2.05) is 24.3 Å². The van der Waals surface area contributed by atoms with E-state index >= 15 is 0 Å². The third-order valence-corrected chi connectivity index (χ3v) is 9.33. The second kappa shape index (κ2) is 9.75. The fourth-order valence-corrected chi connectivity index (χ4v) is 7.12. The van der Waals surface area contributed by atoms with Gasteiger partial charge in [0.15, 0.2) is 0 Å². The molecule has 0 saturated carbocycles. The third kappa shape index (κ3) is 3.76. The fraction of sp³-hybridized carbons (Fsp3) is 0.0732. The summed E-state index contributed by atoms with van der Waals surface area (Å²) in [6.45, 7) is 12.5. The van der Waals surface area contributed by atoms with Crippen LogP contribution >= 0.6 is 0 Å². The van der Waals surface area contributed by atoms with Gasteiger partial charge in [0.2, 0.25) is 0 Å². The molecule has 0 N–H and O–H groups in total. The van der Waals surface area contributed by atoms with Crippen LogP contribution in [0.4, 0.5) is 11.5 Å². The first-order chi connectivity index (χ1) is 21.5. The van der Waals surface area contributed by atoms with Crippen LogP contribution in [0.1, 0.15) is 19.4 Å². The molecule has 0 saturated heterocycles. The van der Waals surface area contributed by atoms with Crippen molar-refractivity contribution >= 4 is 50.5 Å². The number of aliphatic imine (C=N–C) groups is 1. The van der Waals surface area contributed by atoms with Gasteiger partial charge >= 0.3 is 0 Å². The van der Waals surface area contributed by atoms with E-state index in [2.05, 4.69) is 139 Å². The second-order valence-electron chi connectivity index (χ2n) is 12.0. The van der Waals surface area contributed by atoms with Gasteiger partial charge in [0.25, 0.3) is 0 Å². The standard InChI is InChI=1S/C41H31N3/c1-5-34-40(42-4)44(37-11-6-7-24-43-37)36-23-20-31(25-35(36)41(34,2)3)26-12-14-27(15-13-26)32-21-18-30-17-16-28-9-8-10-29-19-22-33(32)39(30)38(28)29/h5-25H,1,4H2,2-3H3. The lowest BCUT2D eigenvalue weighted by Crippen LogP contribution is -2.33. The number of anilines is 2. The average molecular weight is 566 g/mol. The molecule has 6 aromatic carbocycles. The lowest BCUT2D eigenvalue weighted by atomic mass is 9.73.